The minimum absolute atomic E-state index is 0. The molecular weight excluding hydrogens is 489 g/mol. The average Bonchev–Trinajstić information content (AvgIpc) is 3.28. The monoisotopic (exact) mass is 513 g/mol. The summed E-state index contributed by atoms with van der Waals surface area (Å²) in [7, 11) is 3.94. The van der Waals surface area contributed by atoms with Crippen LogP contribution in [0.4, 0.5) is 0 Å². The predicted molar refractivity (Wildman–Crippen MR) is 123 cm³/mol. The van der Waals surface area contributed by atoms with Crippen LogP contribution in [0.3, 0.4) is 0 Å². The Kier molecular flexibility index (Phi) is 8.31. The molecule has 0 saturated heterocycles. The van der Waals surface area contributed by atoms with Crippen molar-refractivity contribution < 1.29 is 0 Å². The molecule has 0 aliphatic carbocycles. The number of hydrogen-bond donors (Lipinski definition) is 1. The van der Waals surface area contributed by atoms with Gasteiger partial charge in [-0.15, -0.1) is 24.0 Å². The van der Waals surface area contributed by atoms with Crippen LogP contribution in [0.5, 0.6) is 0 Å². The molecule has 3 aromatic rings. The lowest BCUT2D eigenvalue weighted by Crippen LogP contribution is -2.38. The van der Waals surface area contributed by atoms with Gasteiger partial charge in [0.25, 0.3) is 0 Å². The molecule has 0 unspecified atom stereocenters. The number of hydrogen-bond acceptors (Lipinski definition) is 3. The van der Waals surface area contributed by atoms with E-state index in [1.807, 2.05) is 67.8 Å². The molecule has 1 aromatic carbocycles. The van der Waals surface area contributed by atoms with Gasteiger partial charge in [0.2, 0.25) is 0 Å². The average molecular weight is 514 g/mol. The topological polar surface area (TPSA) is 63.3 Å². The highest BCUT2D eigenvalue weighted by Crippen LogP contribution is 2.14. The summed E-state index contributed by atoms with van der Waals surface area (Å²) in [5, 5.41) is 12.7. The second-order valence-electron chi connectivity index (χ2n) is 6.32. The lowest BCUT2D eigenvalue weighted by Gasteiger charge is -2.21. The van der Waals surface area contributed by atoms with Crippen LogP contribution < -0.4 is 5.32 Å². The Morgan fingerprint density at radius 3 is 2.50 bits per heavy atom. The number of nitrogens with zero attached hydrogens (tertiary/aromatic N) is 6. The first kappa shape index (κ1) is 22.2. The van der Waals surface area contributed by atoms with Crippen molar-refractivity contribution in [2.45, 2.75) is 20.0 Å². The standard InChI is InChI=1S/C19H24ClN7.HI/c1-4-21-19(25(2)12-16-11-23-26(3)13-16)22-9-15-10-24-27(14-15)18-7-5-17(20)6-8-18;/h5-8,10-11,13-14H,4,9,12H2,1-3H3,(H,21,22);1H. The smallest absolute Gasteiger partial charge is 0.194 e. The quantitative estimate of drug-likeness (QED) is 0.311. The van der Waals surface area contributed by atoms with Crippen LogP contribution in [0.25, 0.3) is 5.69 Å². The van der Waals surface area contributed by atoms with Crippen LogP contribution >= 0.6 is 35.6 Å². The van der Waals surface area contributed by atoms with E-state index >= 15 is 0 Å². The van der Waals surface area contributed by atoms with Gasteiger partial charge in [-0.25, -0.2) is 9.67 Å². The van der Waals surface area contributed by atoms with Crippen molar-refractivity contribution in [3.8, 4) is 5.69 Å². The molecule has 9 heteroatoms. The van der Waals surface area contributed by atoms with E-state index in [1.165, 1.54) is 0 Å². The van der Waals surface area contributed by atoms with Gasteiger partial charge in [-0.1, -0.05) is 11.6 Å². The Bertz CT molecular complexity index is 901. The second kappa shape index (κ2) is 10.5. The van der Waals surface area contributed by atoms with E-state index in [0.717, 1.165) is 35.9 Å². The van der Waals surface area contributed by atoms with Crippen LogP contribution in [0.15, 0.2) is 54.0 Å². The minimum Gasteiger partial charge on any atom is -0.357 e. The van der Waals surface area contributed by atoms with Crippen LogP contribution in [0.2, 0.25) is 5.02 Å². The van der Waals surface area contributed by atoms with Crippen molar-refractivity contribution >= 4 is 41.5 Å². The van der Waals surface area contributed by atoms with Crippen molar-refractivity contribution in [2.75, 3.05) is 13.6 Å². The Balaban J connectivity index is 0.00000280. The molecule has 28 heavy (non-hydrogen) atoms. The molecule has 0 bridgehead atoms. The molecule has 7 nitrogen and oxygen atoms in total. The van der Waals surface area contributed by atoms with Gasteiger partial charge < -0.3 is 10.2 Å². The van der Waals surface area contributed by atoms with Gasteiger partial charge in [0.15, 0.2) is 5.96 Å². The van der Waals surface area contributed by atoms with Crippen LogP contribution in [-0.2, 0) is 20.1 Å². The van der Waals surface area contributed by atoms with Crippen molar-refractivity contribution in [3.63, 3.8) is 0 Å². The van der Waals surface area contributed by atoms with Gasteiger partial charge in [-0.05, 0) is 31.2 Å². The second-order valence-corrected chi connectivity index (χ2v) is 6.75. The van der Waals surface area contributed by atoms with E-state index in [9.17, 15) is 0 Å². The maximum atomic E-state index is 5.94. The SMILES string of the molecule is CCNC(=NCc1cnn(-c2ccc(Cl)cc2)c1)N(C)Cc1cnn(C)c1.I. The number of aliphatic imine (C=N–C) groups is 1. The fraction of sp³-hybridized carbons (Fsp3) is 0.316. The zero-order valence-electron chi connectivity index (χ0n) is 16.2. The lowest BCUT2D eigenvalue weighted by molar-refractivity contribution is 0.476. The molecule has 3 rings (SSSR count). The largest absolute Gasteiger partial charge is 0.357 e. The fourth-order valence-corrected chi connectivity index (χ4v) is 2.84. The van der Waals surface area contributed by atoms with Gasteiger partial charge in [0.1, 0.15) is 0 Å². The summed E-state index contributed by atoms with van der Waals surface area (Å²) < 4.78 is 3.63. The summed E-state index contributed by atoms with van der Waals surface area (Å²) in [6.07, 6.45) is 7.70. The summed E-state index contributed by atoms with van der Waals surface area (Å²) in [6, 6.07) is 7.59. The Morgan fingerprint density at radius 2 is 1.86 bits per heavy atom. The highest BCUT2D eigenvalue weighted by molar-refractivity contribution is 14.0. The molecule has 150 valence electrons. The zero-order chi connectivity index (χ0) is 19.2. The van der Waals surface area contributed by atoms with Crippen molar-refractivity contribution in [1.29, 1.82) is 0 Å². The van der Waals surface area contributed by atoms with Crippen LogP contribution in [0.1, 0.15) is 18.1 Å². The first-order chi connectivity index (χ1) is 13.0. The molecule has 0 aliphatic heterocycles. The van der Waals surface area contributed by atoms with Gasteiger partial charge in [0, 0.05) is 55.7 Å². The zero-order valence-corrected chi connectivity index (χ0v) is 19.3. The minimum atomic E-state index is 0. The molecule has 0 saturated carbocycles. The number of halogens is 2. The number of guanidine groups is 1. The maximum absolute atomic E-state index is 5.94. The number of nitrogens with one attached hydrogen (secondary N) is 1. The molecule has 0 spiro atoms. The van der Waals surface area contributed by atoms with E-state index in [1.54, 1.807) is 4.68 Å². The fourth-order valence-electron chi connectivity index (χ4n) is 2.71. The summed E-state index contributed by atoms with van der Waals surface area (Å²) >= 11 is 5.94. The summed E-state index contributed by atoms with van der Waals surface area (Å²) in [5.41, 5.74) is 3.14. The van der Waals surface area contributed by atoms with Gasteiger partial charge in [-0.2, -0.15) is 10.2 Å². The lowest BCUT2D eigenvalue weighted by atomic mass is 10.3. The Morgan fingerprint density at radius 1 is 1.14 bits per heavy atom. The van der Waals surface area contributed by atoms with Gasteiger partial charge in [0.05, 0.1) is 24.6 Å². The Hall–Kier alpha value is -2.07. The predicted octanol–water partition coefficient (Wildman–Crippen LogP) is 3.47. The first-order valence-corrected chi connectivity index (χ1v) is 9.19. The Labute approximate surface area is 187 Å². The van der Waals surface area contributed by atoms with E-state index in [0.29, 0.717) is 11.6 Å². The number of benzene rings is 1. The number of aromatic nitrogens is 4. The molecule has 0 aliphatic rings. The van der Waals surface area contributed by atoms with Crippen molar-refractivity contribution in [1.82, 2.24) is 29.8 Å². The molecule has 0 radical (unpaired) electrons. The third-order valence-corrected chi connectivity index (χ3v) is 4.27. The summed E-state index contributed by atoms with van der Waals surface area (Å²) in [6.45, 7) is 4.16. The van der Waals surface area contributed by atoms with Gasteiger partial charge in [-0.3, -0.25) is 4.68 Å². The highest BCUT2D eigenvalue weighted by atomic mass is 127. The molecule has 2 aromatic heterocycles. The van der Waals surface area contributed by atoms with E-state index in [4.69, 9.17) is 16.6 Å². The number of aryl methyl sites for hydroxylation is 1. The maximum Gasteiger partial charge on any atom is 0.194 e. The van der Waals surface area contributed by atoms with Gasteiger partial charge >= 0.3 is 0 Å². The summed E-state index contributed by atoms with van der Waals surface area (Å²) in [5.74, 6) is 0.848. The third-order valence-electron chi connectivity index (χ3n) is 4.01. The van der Waals surface area contributed by atoms with E-state index in [-0.39, 0.29) is 24.0 Å². The molecule has 2 heterocycles. The van der Waals surface area contributed by atoms with Crippen molar-refractivity contribution in [3.05, 3.63) is 65.2 Å². The molecule has 1 N–H and O–H groups in total. The van der Waals surface area contributed by atoms with Crippen LogP contribution in [0, 0.1) is 0 Å². The molecule has 0 atom stereocenters. The molecular formula is C19H25ClIN7. The van der Waals surface area contributed by atoms with E-state index in [2.05, 4.69) is 27.3 Å². The molecule has 0 amide bonds. The highest BCUT2D eigenvalue weighted by Gasteiger charge is 2.08. The first-order valence-electron chi connectivity index (χ1n) is 8.81. The van der Waals surface area contributed by atoms with E-state index < -0.39 is 0 Å². The third kappa shape index (κ3) is 5.96. The number of rotatable bonds is 6. The summed E-state index contributed by atoms with van der Waals surface area (Å²) in [4.78, 5) is 6.82. The molecule has 0 fully saturated rings. The van der Waals surface area contributed by atoms with Crippen LogP contribution in [-0.4, -0.2) is 44.0 Å². The normalized spacial score (nSPS) is 11.2. The van der Waals surface area contributed by atoms with Crippen molar-refractivity contribution in [2.24, 2.45) is 12.0 Å².